The van der Waals surface area contributed by atoms with Crippen molar-refractivity contribution in [2.45, 2.75) is 54.2 Å². The third-order valence-corrected chi connectivity index (χ3v) is 15.3. The number of methoxy groups -OCH3 is 1. The van der Waals surface area contributed by atoms with Gasteiger partial charge in [0.1, 0.15) is 37.5 Å². The second kappa shape index (κ2) is 21.0. The van der Waals surface area contributed by atoms with Gasteiger partial charge in [-0.05, 0) is 164 Å². The van der Waals surface area contributed by atoms with E-state index in [4.69, 9.17) is 4.74 Å². The number of ether oxygens (including phenoxy) is 1. The topological polar surface area (TPSA) is 358 Å². The highest BCUT2D eigenvalue weighted by Gasteiger charge is 2.26. The van der Waals surface area contributed by atoms with Crippen LogP contribution in [0.4, 0.5) is 56.9 Å². The minimum Gasteiger partial charge on any atom is -0.505 e. The van der Waals surface area contributed by atoms with E-state index in [-0.39, 0.29) is 22.5 Å². The van der Waals surface area contributed by atoms with E-state index < -0.39 is 88.0 Å². The SMILES string of the molecule is COc1cc(N=Nc2cc3c(S(=O)(=O)O)cc(S(=O)(=O)O)cc3cc2S(=O)(=O)O)c(C)cc1N=Nc1cc(C)c(N=Nc2cc(C)c(/N=N/c3c(S(=O)(=O)O)cc4cc(Nc5ccccc5)ccc4c3O)cc2C)cc1C. The molecule has 0 aliphatic rings. The van der Waals surface area contributed by atoms with Gasteiger partial charge in [-0.2, -0.15) is 59.2 Å². The fourth-order valence-electron chi connectivity index (χ4n) is 7.82. The first kappa shape index (κ1) is 55.0. The molecule has 0 amide bonds. The molecular weight excluding hydrogens is 1080 g/mol. The Bertz CT molecular complexity index is 4360. The molecule has 0 atom stereocenters. The maximum atomic E-state index is 12.6. The minimum atomic E-state index is -5.17. The molecule has 0 saturated carbocycles. The molecule has 27 heteroatoms. The van der Waals surface area contributed by atoms with Crippen molar-refractivity contribution in [3.05, 3.63) is 143 Å². The zero-order chi connectivity index (χ0) is 55.9. The van der Waals surface area contributed by atoms with Crippen molar-refractivity contribution in [3.8, 4) is 11.5 Å². The number of azo groups is 4. The summed E-state index contributed by atoms with van der Waals surface area (Å²) in [5.74, 6) is -0.349. The lowest BCUT2D eigenvalue weighted by Gasteiger charge is -2.12. The van der Waals surface area contributed by atoms with E-state index in [2.05, 4.69) is 46.2 Å². The molecule has 8 rings (SSSR count). The Morgan fingerprint density at radius 2 is 0.844 bits per heavy atom. The van der Waals surface area contributed by atoms with Crippen LogP contribution in [0.1, 0.15) is 27.8 Å². The fourth-order valence-corrected chi connectivity index (χ4v) is 10.5. The number of aryl methyl sites for hydroxylation is 5. The van der Waals surface area contributed by atoms with E-state index >= 15 is 0 Å². The molecule has 0 bridgehead atoms. The molecule has 0 aromatic heterocycles. The first-order valence-electron chi connectivity index (χ1n) is 22.3. The van der Waals surface area contributed by atoms with Crippen LogP contribution in [0.25, 0.3) is 21.5 Å². The summed E-state index contributed by atoms with van der Waals surface area (Å²) < 4.78 is 143. The fraction of sp³-hybridized carbons (Fsp3) is 0.120. The number of hydrogen-bond acceptors (Lipinski definition) is 19. The standard InChI is InChI=1S/C50H43N9O14S4/c1-26-15-40(54-57-43-18-30(5)42(25-45(43)73-6)55-58-44-24-37-32(21-47(44)76(67,68)69)20-35(74(61,62)63)23-46(37)75(64,65)66)27(2)14-38(26)52-53-39-16-29(4)41(17-28(39)3)56-59-49-48(77(70,71)72)22-31-19-34(12-13-36(31)50(49)60)51-33-10-8-7-9-11-33/h7-25,51,60H,1-6H3,(H,61,62,63)(H,64,65,66)(H,67,68,69)(H,70,71,72)/b53-52?,57-54?,58-55?,59-56+. The van der Waals surface area contributed by atoms with Crippen molar-refractivity contribution in [1.82, 2.24) is 0 Å². The summed E-state index contributed by atoms with van der Waals surface area (Å²) >= 11 is 0. The van der Waals surface area contributed by atoms with Gasteiger partial charge in [0.15, 0.2) is 5.75 Å². The summed E-state index contributed by atoms with van der Waals surface area (Å²) in [7, 11) is -18.9. The molecule has 0 unspecified atom stereocenters. The van der Waals surface area contributed by atoms with Gasteiger partial charge in [0.05, 0.1) is 40.4 Å². The van der Waals surface area contributed by atoms with E-state index in [1.807, 2.05) is 30.3 Å². The highest BCUT2D eigenvalue weighted by atomic mass is 32.2. The molecule has 0 heterocycles. The Kier molecular flexibility index (Phi) is 15.0. The zero-order valence-electron chi connectivity index (χ0n) is 41.1. The first-order chi connectivity index (χ1) is 36.1. The van der Waals surface area contributed by atoms with Crippen LogP contribution in [0.2, 0.25) is 0 Å². The number of phenolic OH excluding ortho intramolecular Hbond substituents is 1. The molecule has 0 fully saturated rings. The van der Waals surface area contributed by atoms with Crippen LogP contribution in [-0.4, -0.2) is 64.1 Å². The molecule has 77 heavy (non-hydrogen) atoms. The van der Waals surface area contributed by atoms with Gasteiger partial charge in [0.25, 0.3) is 40.5 Å². The maximum absolute atomic E-state index is 12.6. The number of anilines is 2. The molecule has 0 aliphatic heterocycles. The van der Waals surface area contributed by atoms with Crippen LogP contribution >= 0.6 is 0 Å². The Hall–Kier alpha value is -8.28. The largest absolute Gasteiger partial charge is 0.505 e. The second-order valence-corrected chi connectivity index (χ2v) is 22.9. The molecule has 0 spiro atoms. The number of nitrogens with one attached hydrogen (secondary N) is 1. The van der Waals surface area contributed by atoms with Gasteiger partial charge in [-0.1, -0.05) is 18.2 Å². The number of phenols is 1. The van der Waals surface area contributed by atoms with Crippen LogP contribution in [-0.2, 0) is 40.5 Å². The molecule has 396 valence electrons. The van der Waals surface area contributed by atoms with Crippen LogP contribution in [0, 0.1) is 34.6 Å². The average molecular weight is 1120 g/mol. The Balaban J connectivity index is 1.02. The van der Waals surface area contributed by atoms with E-state index in [0.717, 1.165) is 17.8 Å². The van der Waals surface area contributed by atoms with Gasteiger partial charge < -0.3 is 15.2 Å². The quantitative estimate of drug-likeness (QED) is 0.0410. The smallest absolute Gasteiger partial charge is 0.296 e. The van der Waals surface area contributed by atoms with Crippen LogP contribution < -0.4 is 10.1 Å². The first-order valence-corrected chi connectivity index (χ1v) is 28.1. The number of hydrogen-bond donors (Lipinski definition) is 6. The van der Waals surface area contributed by atoms with Gasteiger partial charge in [-0.25, -0.2) is 0 Å². The van der Waals surface area contributed by atoms with Crippen LogP contribution in [0.5, 0.6) is 11.5 Å². The summed E-state index contributed by atoms with van der Waals surface area (Å²) in [5.41, 5.74) is 5.47. The van der Waals surface area contributed by atoms with Crippen molar-refractivity contribution in [2.24, 2.45) is 40.9 Å². The molecule has 23 nitrogen and oxygen atoms in total. The number of fused-ring (bicyclic) bond motifs is 2. The third kappa shape index (κ3) is 12.2. The number of rotatable bonds is 15. The van der Waals surface area contributed by atoms with Crippen LogP contribution in [0.15, 0.2) is 176 Å². The second-order valence-electron chi connectivity index (χ2n) is 17.3. The highest BCUT2D eigenvalue weighted by Crippen LogP contribution is 2.44. The maximum Gasteiger partial charge on any atom is 0.296 e. The highest BCUT2D eigenvalue weighted by molar-refractivity contribution is 7.87. The average Bonchev–Trinajstić information content (AvgIpc) is 3.35. The van der Waals surface area contributed by atoms with Crippen molar-refractivity contribution in [1.29, 1.82) is 0 Å². The van der Waals surface area contributed by atoms with Crippen molar-refractivity contribution < 1.29 is 61.7 Å². The molecular formula is C50H43N9O14S4. The van der Waals surface area contributed by atoms with Gasteiger partial charge in [-0.3, -0.25) is 18.2 Å². The summed E-state index contributed by atoms with van der Waals surface area (Å²) in [4.78, 5) is -3.54. The summed E-state index contributed by atoms with van der Waals surface area (Å²) in [6, 6.07) is 28.0. The number of aromatic hydroxyl groups is 1. The van der Waals surface area contributed by atoms with E-state index in [1.54, 1.807) is 83.1 Å². The monoisotopic (exact) mass is 1120 g/mol. The molecule has 8 aromatic rings. The molecule has 8 aromatic carbocycles. The third-order valence-electron chi connectivity index (χ3n) is 11.8. The number of para-hydroxylation sites is 1. The predicted octanol–water partition coefficient (Wildman–Crippen LogP) is 13.6. The van der Waals surface area contributed by atoms with Crippen molar-refractivity contribution in [2.75, 3.05) is 12.4 Å². The zero-order valence-corrected chi connectivity index (χ0v) is 44.4. The van der Waals surface area contributed by atoms with Gasteiger partial charge >= 0.3 is 0 Å². The molecule has 6 N–H and O–H groups in total. The van der Waals surface area contributed by atoms with E-state index in [1.165, 1.54) is 19.2 Å². The van der Waals surface area contributed by atoms with Gasteiger partial charge in [0.2, 0.25) is 0 Å². The summed E-state index contributed by atoms with van der Waals surface area (Å²) in [5, 5.41) is 48.5. The van der Waals surface area contributed by atoms with Crippen LogP contribution in [0.3, 0.4) is 0 Å². The predicted molar refractivity (Wildman–Crippen MR) is 285 cm³/mol. The number of benzene rings is 8. The van der Waals surface area contributed by atoms with E-state index in [0.29, 0.717) is 73.8 Å². The lowest BCUT2D eigenvalue weighted by atomic mass is 10.1. The molecule has 0 aliphatic carbocycles. The Morgan fingerprint density at radius 3 is 1.34 bits per heavy atom. The number of nitrogens with zero attached hydrogens (tertiary/aromatic N) is 8. The van der Waals surface area contributed by atoms with E-state index in [9.17, 15) is 57.0 Å². The normalized spacial score (nSPS) is 12.8. The molecule has 0 saturated heterocycles. The molecule has 0 radical (unpaired) electrons. The van der Waals surface area contributed by atoms with Gasteiger partial charge in [0, 0.05) is 28.2 Å². The summed E-state index contributed by atoms with van der Waals surface area (Å²) in [6.07, 6.45) is 0. The van der Waals surface area contributed by atoms with Crippen molar-refractivity contribution >= 4 is 119 Å². The van der Waals surface area contributed by atoms with Gasteiger partial charge in [-0.15, -0.1) is 15.3 Å². The minimum absolute atomic E-state index is 0.104. The summed E-state index contributed by atoms with van der Waals surface area (Å²) in [6.45, 7) is 8.69. The van der Waals surface area contributed by atoms with Crippen molar-refractivity contribution in [3.63, 3.8) is 0 Å². The Morgan fingerprint density at radius 1 is 0.403 bits per heavy atom. The Labute approximate surface area is 440 Å². The lowest BCUT2D eigenvalue weighted by Crippen LogP contribution is -2.05. The lowest BCUT2D eigenvalue weighted by molar-refractivity contribution is 0.416.